The van der Waals surface area contributed by atoms with E-state index in [1.807, 2.05) is 6.07 Å². The molecule has 3 aromatic rings. The fourth-order valence-corrected chi connectivity index (χ4v) is 5.64. The molecule has 4 N–H and O–H groups in total. The van der Waals surface area contributed by atoms with Crippen LogP contribution in [-0.2, 0) is 16.0 Å². The van der Waals surface area contributed by atoms with E-state index in [1.165, 1.54) is 17.9 Å². The summed E-state index contributed by atoms with van der Waals surface area (Å²) < 4.78 is 5.24. The average Bonchev–Trinajstić information content (AvgIpc) is 2.93. The Hall–Kier alpha value is -3.63. The fraction of sp³-hybridized carbons (Fsp3) is 0.300. The van der Waals surface area contributed by atoms with E-state index >= 15 is 0 Å². The molecular weight excluding hydrogens is 571 g/mol. The minimum absolute atomic E-state index is 0.231. The van der Waals surface area contributed by atoms with Gasteiger partial charge in [0.25, 0.3) is 5.91 Å². The quantitative estimate of drug-likeness (QED) is 0.262. The number of carboxylic acid groups (broad SMARTS) is 1. The van der Waals surface area contributed by atoms with Crippen molar-refractivity contribution in [2.45, 2.75) is 37.5 Å². The number of carbonyl (C=O) groups is 3. The van der Waals surface area contributed by atoms with Gasteiger partial charge in [0.2, 0.25) is 5.91 Å². The zero-order chi connectivity index (χ0) is 29.7. The van der Waals surface area contributed by atoms with Gasteiger partial charge in [-0.25, -0.2) is 4.79 Å². The van der Waals surface area contributed by atoms with Gasteiger partial charge in [0.05, 0.1) is 30.7 Å². The van der Waals surface area contributed by atoms with Gasteiger partial charge in [0, 0.05) is 22.2 Å². The second-order valence-electron chi connectivity index (χ2n) is 9.75. The predicted octanol–water partition coefficient (Wildman–Crippen LogP) is 3.84. The molecule has 0 saturated heterocycles. The molecule has 0 aromatic heterocycles. The van der Waals surface area contributed by atoms with Crippen LogP contribution in [0.4, 0.5) is 0 Å². The van der Waals surface area contributed by atoms with Crippen LogP contribution in [0.5, 0.6) is 5.75 Å². The van der Waals surface area contributed by atoms with E-state index in [2.05, 4.69) is 5.32 Å². The number of carbonyl (C=O) groups excluding carboxylic acids is 2. The van der Waals surface area contributed by atoms with Crippen LogP contribution in [0.1, 0.15) is 45.9 Å². The lowest BCUT2D eigenvalue weighted by Gasteiger charge is -2.46. The number of benzene rings is 3. The van der Waals surface area contributed by atoms with Gasteiger partial charge in [0.1, 0.15) is 5.75 Å². The number of rotatable bonds is 11. The normalized spacial score (nSPS) is 17.9. The van der Waals surface area contributed by atoms with Crippen LogP contribution in [-0.4, -0.2) is 69.9 Å². The van der Waals surface area contributed by atoms with E-state index < -0.39 is 49.2 Å². The molecule has 0 saturated carbocycles. The summed E-state index contributed by atoms with van der Waals surface area (Å²) in [6, 6.07) is 16.5. The van der Waals surface area contributed by atoms with Crippen molar-refractivity contribution < 1.29 is 34.4 Å². The van der Waals surface area contributed by atoms with Gasteiger partial charge in [-0.15, -0.1) is 0 Å². The minimum atomic E-state index is -1.11. The van der Waals surface area contributed by atoms with Gasteiger partial charge >= 0.3 is 5.97 Å². The summed E-state index contributed by atoms with van der Waals surface area (Å²) in [6.07, 6.45) is -0.686. The lowest BCUT2D eigenvalue weighted by molar-refractivity contribution is -0.139. The number of aliphatic hydroxyl groups is 2. The first-order valence-corrected chi connectivity index (χ1v) is 13.7. The van der Waals surface area contributed by atoms with Crippen molar-refractivity contribution in [3.05, 3.63) is 99.0 Å². The monoisotopic (exact) mass is 600 g/mol. The highest BCUT2D eigenvalue weighted by Crippen LogP contribution is 2.46. The summed E-state index contributed by atoms with van der Waals surface area (Å²) in [4.78, 5) is 39.9. The highest BCUT2D eigenvalue weighted by atomic mass is 35.5. The van der Waals surface area contributed by atoms with Gasteiger partial charge in [-0.1, -0.05) is 59.6 Å². The number of ether oxygens (including phenoxy) is 1. The highest BCUT2D eigenvalue weighted by molar-refractivity contribution is 6.35. The van der Waals surface area contributed by atoms with Crippen LogP contribution in [0.2, 0.25) is 10.0 Å². The zero-order valence-electron chi connectivity index (χ0n) is 22.2. The number of carboxylic acids is 1. The summed E-state index contributed by atoms with van der Waals surface area (Å²) in [5, 5.41) is 33.2. The maximum atomic E-state index is 14.0. The van der Waals surface area contributed by atoms with Gasteiger partial charge in [-0.05, 0) is 60.4 Å². The molecule has 9 nitrogen and oxygen atoms in total. The number of nitrogens with zero attached hydrogens (tertiary/aromatic N) is 1. The first-order chi connectivity index (χ1) is 19.6. The lowest BCUT2D eigenvalue weighted by atomic mass is 9.78. The van der Waals surface area contributed by atoms with Gasteiger partial charge in [0.15, 0.2) is 6.61 Å². The molecule has 4 rings (SSSR count). The third-order valence-electron chi connectivity index (χ3n) is 7.01. The summed E-state index contributed by atoms with van der Waals surface area (Å²) in [7, 11) is 0. The number of nitrogens with one attached hydrogen (secondary N) is 1. The molecule has 0 aliphatic carbocycles. The third-order valence-corrected chi connectivity index (χ3v) is 7.58. The first-order valence-electron chi connectivity index (χ1n) is 13.0. The van der Waals surface area contributed by atoms with Crippen molar-refractivity contribution in [2.24, 2.45) is 0 Å². The second kappa shape index (κ2) is 13.4. The van der Waals surface area contributed by atoms with Gasteiger partial charge < -0.3 is 30.3 Å². The van der Waals surface area contributed by atoms with Crippen molar-refractivity contribution in [2.75, 3.05) is 19.8 Å². The van der Waals surface area contributed by atoms with Crippen LogP contribution < -0.4 is 10.1 Å². The number of aliphatic hydroxyl groups excluding tert-OH is 2. The van der Waals surface area contributed by atoms with E-state index in [-0.39, 0.29) is 23.0 Å². The molecule has 4 atom stereocenters. The Bertz CT molecular complexity index is 1430. The largest absolute Gasteiger partial charge is 0.482 e. The zero-order valence-corrected chi connectivity index (χ0v) is 23.7. The molecule has 0 bridgehead atoms. The van der Waals surface area contributed by atoms with Gasteiger partial charge in [-0.3, -0.25) is 9.59 Å². The summed E-state index contributed by atoms with van der Waals surface area (Å²) in [5.74, 6) is -2.44. The Morgan fingerprint density at radius 1 is 1.05 bits per heavy atom. The van der Waals surface area contributed by atoms with Crippen LogP contribution >= 0.6 is 23.2 Å². The molecular formula is C30H30Cl2N2O7. The molecule has 1 aliphatic rings. The Balaban J connectivity index is 1.69. The molecule has 41 heavy (non-hydrogen) atoms. The fourth-order valence-electron chi connectivity index (χ4n) is 5.12. The Morgan fingerprint density at radius 2 is 1.80 bits per heavy atom. The van der Waals surface area contributed by atoms with E-state index in [4.69, 9.17) is 33.0 Å². The van der Waals surface area contributed by atoms with Crippen LogP contribution in [0.15, 0.2) is 66.7 Å². The molecule has 3 aromatic carbocycles. The van der Waals surface area contributed by atoms with Crippen molar-refractivity contribution in [3.8, 4) is 5.75 Å². The lowest BCUT2D eigenvalue weighted by Crippen LogP contribution is -2.55. The maximum Gasteiger partial charge on any atom is 0.341 e. The topological polar surface area (TPSA) is 136 Å². The molecule has 1 unspecified atom stereocenters. The SMILES string of the molecule is C[C@H](O)C(CO)N1C(=O)c2ccccc2[C@H](C(=O)NCCc2cccc(OCC(=O)O)c2)[C@H]1c1ccc(Cl)cc1Cl. The van der Waals surface area contributed by atoms with E-state index in [0.717, 1.165) is 5.56 Å². The number of halogens is 2. The molecule has 11 heteroatoms. The van der Waals surface area contributed by atoms with Crippen LogP contribution in [0.25, 0.3) is 0 Å². The minimum Gasteiger partial charge on any atom is -0.482 e. The number of aliphatic carboxylic acids is 1. The van der Waals surface area contributed by atoms with E-state index in [1.54, 1.807) is 54.6 Å². The van der Waals surface area contributed by atoms with Crippen LogP contribution in [0, 0.1) is 0 Å². The molecule has 0 radical (unpaired) electrons. The number of amides is 2. The second-order valence-corrected chi connectivity index (χ2v) is 10.6. The van der Waals surface area contributed by atoms with Gasteiger partial charge in [-0.2, -0.15) is 0 Å². The average molecular weight is 601 g/mol. The molecule has 1 heterocycles. The summed E-state index contributed by atoms with van der Waals surface area (Å²) in [6.45, 7) is 0.696. The number of fused-ring (bicyclic) bond motifs is 1. The van der Waals surface area contributed by atoms with E-state index in [0.29, 0.717) is 28.3 Å². The van der Waals surface area contributed by atoms with Crippen molar-refractivity contribution in [3.63, 3.8) is 0 Å². The predicted molar refractivity (Wildman–Crippen MR) is 153 cm³/mol. The number of hydrogen-bond donors (Lipinski definition) is 4. The third kappa shape index (κ3) is 6.82. The molecule has 216 valence electrons. The van der Waals surface area contributed by atoms with Crippen molar-refractivity contribution in [1.29, 1.82) is 0 Å². The molecule has 1 aliphatic heterocycles. The van der Waals surface area contributed by atoms with E-state index in [9.17, 15) is 24.6 Å². The summed E-state index contributed by atoms with van der Waals surface area (Å²) in [5.41, 5.74) is 2.05. The van der Waals surface area contributed by atoms with Crippen molar-refractivity contribution in [1.82, 2.24) is 10.2 Å². The molecule has 2 amide bonds. The molecule has 0 fully saturated rings. The maximum absolute atomic E-state index is 14.0. The Morgan fingerprint density at radius 3 is 2.49 bits per heavy atom. The van der Waals surface area contributed by atoms with Crippen molar-refractivity contribution >= 4 is 41.0 Å². The summed E-state index contributed by atoms with van der Waals surface area (Å²) >= 11 is 12.8. The smallest absolute Gasteiger partial charge is 0.341 e. The van der Waals surface area contributed by atoms with Crippen LogP contribution in [0.3, 0.4) is 0 Å². The number of hydrogen-bond acceptors (Lipinski definition) is 6. The Kier molecular flexibility index (Phi) is 9.88. The molecule has 0 spiro atoms. The first kappa shape index (κ1) is 30.3. The Labute approximate surface area is 247 Å². The highest BCUT2D eigenvalue weighted by Gasteiger charge is 2.48. The standard InChI is InChI=1S/C30H30Cl2N2O7/c1-17(36)25(15-35)34-28(23-10-9-19(31)14-24(23)32)27(21-7-2-3-8-22(21)30(34)40)29(39)33-12-11-18-5-4-6-20(13-18)41-16-26(37)38/h2-10,13-14,17,25,27-28,35-36H,11-12,15-16H2,1H3,(H,33,39)(H,37,38)/t17-,25?,27-,28+/m0/s1.